The summed E-state index contributed by atoms with van der Waals surface area (Å²) in [5.41, 5.74) is 5.10. The predicted molar refractivity (Wildman–Crippen MR) is 138 cm³/mol. The number of amides is 1. The Labute approximate surface area is 206 Å². The number of fused-ring (bicyclic) bond motifs is 3. The number of para-hydroxylation sites is 1. The van der Waals surface area contributed by atoms with Crippen molar-refractivity contribution in [2.45, 2.75) is 45.3 Å². The fraction of sp³-hybridized carbons (Fsp3) is 0.393. The van der Waals surface area contributed by atoms with Crippen molar-refractivity contribution in [3.63, 3.8) is 0 Å². The molecule has 0 fully saturated rings. The highest BCUT2D eigenvalue weighted by atomic mass is 16.5. The zero-order valence-electron chi connectivity index (χ0n) is 21.1. The maximum absolute atomic E-state index is 13.2. The molecule has 3 heterocycles. The molecule has 2 aromatic rings. The number of hydrogen-bond acceptors (Lipinski definition) is 6. The van der Waals surface area contributed by atoms with Crippen LogP contribution in [0.5, 0.6) is 0 Å². The van der Waals surface area contributed by atoms with Crippen LogP contribution in [-0.2, 0) is 10.2 Å². The van der Waals surface area contributed by atoms with Crippen molar-refractivity contribution < 1.29 is 14.3 Å². The van der Waals surface area contributed by atoms with E-state index in [1.54, 1.807) is 5.01 Å². The molecule has 1 amide bonds. The van der Waals surface area contributed by atoms with Gasteiger partial charge < -0.3 is 14.5 Å². The third-order valence-electron chi connectivity index (χ3n) is 7.68. The number of esters is 1. The maximum Gasteiger partial charge on any atom is 0.338 e. The summed E-state index contributed by atoms with van der Waals surface area (Å²) in [5, 5.41) is 6.27. The van der Waals surface area contributed by atoms with E-state index in [-0.39, 0.29) is 35.4 Å². The Morgan fingerprint density at radius 1 is 1.09 bits per heavy atom. The highest BCUT2D eigenvalue weighted by Gasteiger charge is 2.46. The van der Waals surface area contributed by atoms with Crippen LogP contribution in [0.3, 0.4) is 0 Å². The van der Waals surface area contributed by atoms with Crippen LogP contribution in [0.15, 0.2) is 59.7 Å². The maximum atomic E-state index is 13.2. The molecule has 0 aliphatic carbocycles. The molecule has 3 atom stereocenters. The van der Waals surface area contributed by atoms with Crippen molar-refractivity contribution >= 4 is 29.0 Å². The second-order valence-corrected chi connectivity index (χ2v) is 10.1. The minimum absolute atomic E-state index is 0.0275. The highest BCUT2D eigenvalue weighted by molar-refractivity contribution is 6.04. The number of nitrogens with zero attached hydrogens (tertiary/aromatic N) is 4. The molecule has 0 aromatic heterocycles. The molecule has 0 saturated heterocycles. The van der Waals surface area contributed by atoms with Crippen LogP contribution in [0.2, 0.25) is 0 Å². The molecule has 5 rings (SSSR count). The average molecular weight is 473 g/mol. The van der Waals surface area contributed by atoms with E-state index in [0.717, 1.165) is 22.6 Å². The molecule has 0 saturated carbocycles. The summed E-state index contributed by atoms with van der Waals surface area (Å²) in [4.78, 5) is 29.9. The quantitative estimate of drug-likeness (QED) is 0.486. The third-order valence-corrected chi connectivity index (χ3v) is 7.68. The lowest BCUT2D eigenvalue weighted by atomic mass is 9.79. The first-order chi connectivity index (χ1) is 16.7. The topological polar surface area (TPSA) is 65.5 Å². The van der Waals surface area contributed by atoms with Crippen LogP contribution < -0.4 is 9.80 Å². The second kappa shape index (κ2) is 8.26. The van der Waals surface area contributed by atoms with Gasteiger partial charge in [-0.1, -0.05) is 38.1 Å². The molecule has 3 aliphatic heterocycles. The lowest BCUT2D eigenvalue weighted by Crippen LogP contribution is -2.52. The fourth-order valence-corrected chi connectivity index (χ4v) is 5.79. The van der Waals surface area contributed by atoms with Gasteiger partial charge in [0, 0.05) is 30.9 Å². The molecule has 0 spiro atoms. The smallest absolute Gasteiger partial charge is 0.338 e. The number of rotatable bonds is 4. The summed E-state index contributed by atoms with van der Waals surface area (Å²) in [5.74, 6) is -0.382. The minimum Gasteiger partial charge on any atom is -0.462 e. The van der Waals surface area contributed by atoms with E-state index in [1.165, 1.54) is 0 Å². The van der Waals surface area contributed by atoms with E-state index in [2.05, 4.69) is 47.9 Å². The highest BCUT2D eigenvalue weighted by Crippen LogP contribution is 2.46. The first-order valence-corrected chi connectivity index (χ1v) is 12.1. The largest absolute Gasteiger partial charge is 0.462 e. The molecule has 7 heteroatoms. The molecule has 0 N–H and O–H groups in total. The zero-order valence-corrected chi connectivity index (χ0v) is 21.1. The van der Waals surface area contributed by atoms with Crippen LogP contribution in [0.25, 0.3) is 0 Å². The number of hydrogen-bond donors (Lipinski definition) is 0. The standard InChI is InChI=1S/C28H32N4O3/c1-7-35-27(34)18-12-14-23-21(16-18)28(3,4)24(30(23)5)15-13-19-17(2)29-32-25(19)31(6)22-11-9-8-10-20(22)26(32)33/h8-16,19,24-25H,7H2,1-6H3. The second-order valence-electron chi connectivity index (χ2n) is 10.1. The summed E-state index contributed by atoms with van der Waals surface area (Å²) in [6, 6.07) is 13.6. The molecule has 2 aromatic carbocycles. The minimum atomic E-state index is -0.295. The molecule has 7 nitrogen and oxygen atoms in total. The van der Waals surface area contributed by atoms with Crippen molar-refractivity contribution in [3.05, 3.63) is 71.3 Å². The van der Waals surface area contributed by atoms with E-state index in [0.29, 0.717) is 17.7 Å². The van der Waals surface area contributed by atoms with Crippen LogP contribution in [-0.4, -0.2) is 55.5 Å². The Balaban J connectivity index is 1.45. The van der Waals surface area contributed by atoms with E-state index >= 15 is 0 Å². The van der Waals surface area contributed by atoms with E-state index in [4.69, 9.17) is 4.74 Å². The van der Waals surface area contributed by atoms with Gasteiger partial charge in [0.15, 0.2) is 0 Å². The fourth-order valence-electron chi connectivity index (χ4n) is 5.79. The van der Waals surface area contributed by atoms with Gasteiger partial charge in [-0.05, 0) is 49.7 Å². The van der Waals surface area contributed by atoms with Gasteiger partial charge in [-0.3, -0.25) is 4.79 Å². The predicted octanol–water partition coefficient (Wildman–Crippen LogP) is 4.44. The van der Waals surface area contributed by atoms with Crippen LogP contribution >= 0.6 is 0 Å². The van der Waals surface area contributed by atoms with Gasteiger partial charge in [-0.15, -0.1) is 0 Å². The zero-order chi connectivity index (χ0) is 25.1. The summed E-state index contributed by atoms with van der Waals surface area (Å²) in [6.45, 7) is 8.56. The average Bonchev–Trinajstić information content (AvgIpc) is 3.27. The molecule has 0 bridgehead atoms. The summed E-state index contributed by atoms with van der Waals surface area (Å²) in [7, 11) is 4.11. The van der Waals surface area contributed by atoms with Crippen LogP contribution in [0, 0.1) is 5.92 Å². The Bertz CT molecular complexity index is 1260. The number of carbonyl (C=O) groups excluding carboxylic acids is 2. The van der Waals surface area contributed by atoms with Gasteiger partial charge in [0.05, 0.1) is 35.4 Å². The monoisotopic (exact) mass is 472 g/mol. The van der Waals surface area contributed by atoms with E-state index < -0.39 is 0 Å². The van der Waals surface area contributed by atoms with Gasteiger partial charge in [-0.25, -0.2) is 9.80 Å². The Kier molecular flexibility index (Phi) is 5.46. The summed E-state index contributed by atoms with van der Waals surface area (Å²) in [6.07, 6.45) is 4.24. The van der Waals surface area contributed by atoms with Gasteiger partial charge in [0.2, 0.25) is 0 Å². The van der Waals surface area contributed by atoms with Gasteiger partial charge >= 0.3 is 5.97 Å². The van der Waals surface area contributed by atoms with Gasteiger partial charge in [0.25, 0.3) is 5.91 Å². The van der Waals surface area contributed by atoms with Crippen molar-refractivity contribution in [1.82, 2.24) is 5.01 Å². The molecular formula is C28H32N4O3. The van der Waals surface area contributed by atoms with Gasteiger partial charge in [0.1, 0.15) is 6.17 Å². The van der Waals surface area contributed by atoms with Crippen molar-refractivity contribution in [3.8, 4) is 0 Å². The van der Waals surface area contributed by atoms with Crippen LogP contribution in [0.4, 0.5) is 11.4 Å². The first kappa shape index (κ1) is 23.1. The molecule has 35 heavy (non-hydrogen) atoms. The normalized spacial score (nSPS) is 24.4. The molecule has 0 radical (unpaired) electrons. The number of anilines is 2. The lowest BCUT2D eigenvalue weighted by Gasteiger charge is -2.40. The molecular weight excluding hydrogens is 440 g/mol. The SMILES string of the molecule is CCOC(=O)c1ccc2c(c1)C(C)(C)C(C=CC1C(C)=NN3C(=O)c4ccccc4N(C)C13)N2C. The lowest BCUT2D eigenvalue weighted by molar-refractivity contribution is 0.0526. The Morgan fingerprint density at radius 3 is 2.57 bits per heavy atom. The first-order valence-electron chi connectivity index (χ1n) is 12.1. The molecule has 3 unspecified atom stereocenters. The molecule has 182 valence electrons. The summed E-state index contributed by atoms with van der Waals surface area (Å²) >= 11 is 0. The number of benzene rings is 2. The Morgan fingerprint density at radius 2 is 1.83 bits per heavy atom. The number of likely N-dealkylation sites (N-methyl/N-ethyl adjacent to an activating group) is 1. The van der Waals surface area contributed by atoms with Crippen molar-refractivity contribution in [2.75, 3.05) is 30.5 Å². The number of hydrazone groups is 1. The number of carbonyl (C=O) groups is 2. The van der Waals surface area contributed by atoms with Crippen molar-refractivity contribution in [2.24, 2.45) is 11.0 Å². The van der Waals surface area contributed by atoms with Crippen LogP contribution in [0.1, 0.15) is 54.0 Å². The third kappa shape index (κ3) is 3.44. The van der Waals surface area contributed by atoms with Gasteiger partial charge in [-0.2, -0.15) is 5.10 Å². The number of ether oxygens (including phenoxy) is 1. The van der Waals surface area contributed by atoms with E-state index in [1.807, 2.05) is 63.4 Å². The van der Waals surface area contributed by atoms with Crippen molar-refractivity contribution in [1.29, 1.82) is 0 Å². The molecule has 3 aliphatic rings. The Hall–Kier alpha value is -3.61. The van der Waals surface area contributed by atoms with E-state index in [9.17, 15) is 9.59 Å². The summed E-state index contributed by atoms with van der Waals surface area (Å²) < 4.78 is 5.21.